The summed E-state index contributed by atoms with van der Waals surface area (Å²) in [6, 6.07) is 5.81. The first-order valence-corrected chi connectivity index (χ1v) is 9.65. The maximum absolute atomic E-state index is 12.7. The molecule has 1 atom stereocenters. The van der Waals surface area contributed by atoms with E-state index >= 15 is 0 Å². The van der Waals surface area contributed by atoms with Crippen molar-refractivity contribution in [2.24, 2.45) is 5.92 Å². The Morgan fingerprint density at radius 2 is 2.24 bits per heavy atom. The zero-order valence-electron chi connectivity index (χ0n) is 16.1. The van der Waals surface area contributed by atoms with Crippen molar-refractivity contribution in [3.63, 3.8) is 0 Å². The quantitative estimate of drug-likeness (QED) is 0.485. The highest BCUT2D eigenvalue weighted by molar-refractivity contribution is 6.11. The van der Waals surface area contributed by atoms with Gasteiger partial charge in [-0.15, -0.1) is 0 Å². The Hall–Kier alpha value is -3.46. The molecule has 1 saturated heterocycles. The summed E-state index contributed by atoms with van der Waals surface area (Å²) >= 11 is 0. The highest BCUT2D eigenvalue weighted by atomic mass is 16.2. The van der Waals surface area contributed by atoms with Gasteiger partial charge in [-0.1, -0.05) is 6.07 Å². The number of H-pyrrole nitrogens is 2. The zero-order valence-corrected chi connectivity index (χ0v) is 16.1. The molecule has 3 aromatic heterocycles. The average Bonchev–Trinajstić information content (AvgIpc) is 3.49. The number of benzene rings is 1. The lowest BCUT2D eigenvalue weighted by Gasteiger charge is -2.10. The first-order chi connectivity index (χ1) is 14.2. The maximum atomic E-state index is 12.7. The van der Waals surface area contributed by atoms with Crippen LogP contribution in [0.5, 0.6) is 0 Å². The van der Waals surface area contributed by atoms with Gasteiger partial charge in [-0.2, -0.15) is 15.3 Å². The number of aromatic amines is 2. The van der Waals surface area contributed by atoms with Crippen molar-refractivity contribution in [3.8, 4) is 11.1 Å². The Balaban J connectivity index is 1.30. The van der Waals surface area contributed by atoms with Crippen LogP contribution in [-0.4, -0.2) is 61.1 Å². The first-order valence-electron chi connectivity index (χ1n) is 9.65. The van der Waals surface area contributed by atoms with Crippen LogP contribution in [0.15, 0.2) is 43.0 Å². The molecule has 148 valence electrons. The van der Waals surface area contributed by atoms with Crippen LogP contribution in [0.1, 0.15) is 16.9 Å². The van der Waals surface area contributed by atoms with Gasteiger partial charge in [0.25, 0.3) is 5.91 Å². The van der Waals surface area contributed by atoms with Crippen LogP contribution < -0.4 is 5.32 Å². The van der Waals surface area contributed by atoms with Gasteiger partial charge < -0.3 is 10.2 Å². The van der Waals surface area contributed by atoms with E-state index in [0.717, 1.165) is 41.7 Å². The minimum absolute atomic E-state index is 0.257. The molecule has 1 aliphatic heterocycles. The van der Waals surface area contributed by atoms with Crippen LogP contribution in [0.2, 0.25) is 0 Å². The number of rotatable bonds is 5. The topological polar surface area (TPSA) is 108 Å². The second kappa shape index (κ2) is 7.17. The normalized spacial score (nSPS) is 17.2. The lowest BCUT2D eigenvalue weighted by molar-refractivity contribution is 0.102. The third-order valence-corrected chi connectivity index (χ3v) is 5.43. The van der Waals surface area contributed by atoms with Gasteiger partial charge in [-0.3, -0.25) is 19.7 Å². The van der Waals surface area contributed by atoms with Gasteiger partial charge in [0.05, 0.1) is 23.6 Å². The Morgan fingerprint density at radius 3 is 3.03 bits per heavy atom. The second-order valence-electron chi connectivity index (χ2n) is 7.64. The van der Waals surface area contributed by atoms with Gasteiger partial charge in [0.1, 0.15) is 0 Å². The van der Waals surface area contributed by atoms with Crippen LogP contribution in [-0.2, 0) is 6.54 Å². The molecule has 0 saturated carbocycles. The van der Waals surface area contributed by atoms with Gasteiger partial charge in [0, 0.05) is 36.4 Å². The predicted octanol–water partition coefficient (Wildman–Crippen LogP) is 2.35. The lowest BCUT2D eigenvalue weighted by atomic mass is 10.1. The van der Waals surface area contributed by atoms with Crippen LogP contribution >= 0.6 is 0 Å². The maximum Gasteiger partial charge on any atom is 0.276 e. The third-order valence-electron chi connectivity index (χ3n) is 5.43. The summed E-state index contributed by atoms with van der Waals surface area (Å²) in [6.07, 6.45) is 8.32. The van der Waals surface area contributed by atoms with Gasteiger partial charge >= 0.3 is 0 Å². The molecule has 0 spiro atoms. The van der Waals surface area contributed by atoms with Gasteiger partial charge in [-0.05, 0) is 43.6 Å². The molecule has 1 unspecified atom stereocenters. The van der Waals surface area contributed by atoms with Crippen molar-refractivity contribution in [1.29, 1.82) is 0 Å². The number of hydrogen-bond donors (Lipinski definition) is 3. The molecule has 4 aromatic rings. The fourth-order valence-corrected chi connectivity index (χ4v) is 3.94. The fraction of sp³-hybridized carbons (Fsp3) is 0.300. The molecule has 9 nitrogen and oxygen atoms in total. The van der Waals surface area contributed by atoms with E-state index in [1.807, 2.05) is 35.3 Å². The molecule has 4 heterocycles. The molecule has 0 radical (unpaired) electrons. The molecule has 5 rings (SSSR count). The van der Waals surface area contributed by atoms with Gasteiger partial charge in [0.2, 0.25) is 0 Å². The molecule has 1 aliphatic rings. The fourth-order valence-electron chi connectivity index (χ4n) is 3.94. The minimum Gasteiger partial charge on any atom is -0.318 e. The summed E-state index contributed by atoms with van der Waals surface area (Å²) in [5, 5.41) is 22.0. The number of amides is 1. The van der Waals surface area contributed by atoms with Gasteiger partial charge in [0.15, 0.2) is 5.69 Å². The van der Waals surface area contributed by atoms with Gasteiger partial charge in [-0.25, -0.2) is 0 Å². The lowest BCUT2D eigenvalue weighted by Crippen LogP contribution is -2.17. The molecule has 1 fully saturated rings. The van der Waals surface area contributed by atoms with E-state index in [1.54, 1.807) is 12.4 Å². The van der Waals surface area contributed by atoms with Crippen molar-refractivity contribution in [2.45, 2.75) is 13.0 Å². The number of fused-ring (bicyclic) bond motifs is 1. The van der Waals surface area contributed by atoms with Crippen molar-refractivity contribution >= 4 is 22.5 Å². The molecule has 0 bridgehead atoms. The van der Waals surface area contributed by atoms with E-state index in [0.29, 0.717) is 17.3 Å². The van der Waals surface area contributed by atoms with E-state index in [2.05, 4.69) is 42.8 Å². The Kier molecular flexibility index (Phi) is 4.36. The molecule has 9 heteroatoms. The van der Waals surface area contributed by atoms with E-state index in [1.165, 1.54) is 6.42 Å². The third kappa shape index (κ3) is 3.52. The molecule has 1 aromatic carbocycles. The van der Waals surface area contributed by atoms with E-state index < -0.39 is 0 Å². The number of carbonyl (C=O) groups excluding carboxylic acids is 1. The van der Waals surface area contributed by atoms with E-state index in [4.69, 9.17) is 0 Å². The number of anilines is 1. The number of nitrogens with zero attached hydrogens (tertiary/aromatic N) is 5. The standard InChI is InChI=1S/C20H22N8O/c1-27-5-4-13(10-27)11-28-12-16(9-23-28)24-20(29)19-17-3-2-14(6-18(17)25-26-19)15-7-21-22-8-15/h2-3,6-9,12-13H,4-5,10-11H2,1H3,(H,21,22)(H,24,29)(H,25,26). The number of likely N-dealkylation sites (tertiary alicyclic amines) is 1. The predicted molar refractivity (Wildman–Crippen MR) is 109 cm³/mol. The summed E-state index contributed by atoms with van der Waals surface area (Å²) in [4.78, 5) is 15.1. The van der Waals surface area contributed by atoms with Crippen molar-refractivity contribution < 1.29 is 4.79 Å². The van der Waals surface area contributed by atoms with Crippen molar-refractivity contribution in [3.05, 3.63) is 48.7 Å². The number of hydrogen-bond acceptors (Lipinski definition) is 5. The summed E-state index contributed by atoms with van der Waals surface area (Å²) in [5.74, 6) is 0.343. The number of aromatic nitrogens is 6. The summed E-state index contributed by atoms with van der Waals surface area (Å²) in [7, 11) is 2.14. The molecular formula is C20H22N8O. The molecule has 3 N–H and O–H groups in total. The zero-order chi connectivity index (χ0) is 19.8. The summed E-state index contributed by atoms with van der Waals surface area (Å²) in [6.45, 7) is 3.08. The summed E-state index contributed by atoms with van der Waals surface area (Å²) < 4.78 is 1.90. The Bertz CT molecular complexity index is 1140. The molecule has 29 heavy (non-hydrogen) atoms. The SMILES string of the molecule is CN1CCC(Cn2cc(NC(=O)c3n[nH]c4cc(-c5cn[nH]c5)ccc34)cn2)C1. The average molecular weight is 390 g/mol. The van der Waals surface area contributed by atoms with E-state index in [-0.39, 0.29) is 5.91 Å². The van der Waals surface area contributed by atoms with Crippen LogP contribution in [0.3, 0.4) is 0 Å². The largest absolute Gasteiger partial charge is 0.318 e. The van der Waals surface area contributed by atoms with Crippen molar-refractivity contribution in [1.82, 2.24) is 35.1 Å². The Morgan fingerprint density at radius 1 is 1.31 bits per heavy atom. The molecule has 1 amide bonds. The van der Waals surface area contributed by atoms with Crippen LogP contribution in [0.4, 0.5) is 5.69 Å². The van der Waals surface area contributed by atoms with Crippen LogP contribution in [0, 0.1) is 5.92 Å². The van der Waals surface area contributed by atoms with Crippen LogP contribution in [0.25, 0.3) is 22.0 Å². The number of nitrogens with one attached hydrogen (secondary N) is 3. The highest BCUT2D eigenvalue weighted by Crippen LogP contribution is 2.25. The van der Waals surface area contributed by atoms with E-state index in [9.17, 15) is 4.79 Å². The minimum atomic E-state index is -0.257. The number of carbonyl (C=O) groups is 1. The van der Waals surface area contributed by atoms with Crippen molar-refractivity contribution in [2.75, 3.05) is 25.5 Å². The first kappa shape index (κ1) is 17.6. The molecular weight excluding hydrogens is 368 g/mol. The Labute approximate surface area is 167 Å². The highest BCUT2D eigenvalue weighted by Gasteiger charge is 2.20. The smallest absolute Gasteiger partial charge is 0.276 e. The summed E-state index contributed by atoms with van der Waals surface area (Å²) in [5.41, 5.74) is 3.82. The monoisotopic (exact) mass is 390 g/mol. The second-order valence-corrected chi connectivity index (χ2v) is 7.64. The molecule has 0 aliphatic carbocycles.